The Morgan fingerprint density at radius 2 is 1.89 bits per heavy atom. The molecule has 0 aromatic rings. The molecule has 0 bridgehead atoms. The van der Waals surface area contributed by atoms with Crippen LogP contribution in [-0.4, -0.2) is 52.9 Å². The molecule has 1 aliphatic rings. The summed E-state index contributed by atoms with van der Waals surface area (Å²) in [6.07, 6.45) is 1.74. The van der Waals surface area contributed by atoms with Gasteiger partial charge in [-0.1, -0.05) is 0 Å². The lowest BCUT2D eigenvalue weighted by Crippen LogP contribution is -2.46. The van der Waals surface area contributed by atoms with Crippen molar-refractivity contribution < 1.29 is 14.7 Å². The van der Waals surface area contributed by atoms with Gasteiger partial charge in [0.05, 0.1) is 6.04 Å². The fraction of sp³-hybridized carbons (Fsp3) is 0.923. The van der Waals surface area contributed by atoms with E-state index in [1.165, 1.54) is 5.06 Å². The first kappa shape index (κ1) is 15.4. The fourth-order valence-corrected chi connectivity index (χ4v) is 2.37. The van der Waals surface area contributed by atoms with E-state index in [-0.39, 0.29) is 17.9 Å². The first-order valence-corrected chi connectivity index (χ1v) is 6.78. The van der Waals surface area contributed by atoms with Crippen molar-refractivity contribution in [3.05, 3.63) is 0 Å². The highest BCUT2D eigenvalue weighted by molar-refractivity contribution is 5.78. The van der Waals surface area contributed by atoms with Gasteiger partial charge in [0.25, 0.3) is 0 Å². The molecule has 1 saturated heterocycles. The molecule has 0 saturated carbocycles. The molecule has 5 nitrogen and oxygen atoms in total. The predicted octanol–water partition coefficient (Wildman–Crippen LogP) is 1.23. The van der Waals surface area contributed by atoms with Gasteiger partial charge < -0.3 is 10.0 Å². The summed E-state index contributed by atoms with van der Waals surface area (Å²) in [5.41, 5.74) is 0. The third kappa shape index (κ3) is 3.93. The first-order chi connectivity index (χ1) is 8.47. The Bertz CT molecular complexity index is 261. The second-order valence-corrected chi connectivity index (χ2v) is 5.42. The average Bonchev–Trinajstić information content (AvgIpc) is 2.35. The van der Waals surface area contributed by atoms with E-state index in [2.05, 4.69) is 18.7 Å². The molecular formula is C13H26N2O3. The molecule has 0 unspecified atom stereocenters. The normalized spacial score (nSPS) is 18.6. The molecule has 1 heterocycles. The van der Waals surface area contributed by atoms with E-state index in [9.17, 15) is 4.79 Å². The molecule has 18 heavy (non-hydrogen) atoms. The van der Waals surface area contributed by atoms with Crippen LogP contribution in [0.2, 0.25) is 0 Å². The topological polar surface area (TPSA) is 53.0 Å². The molecule has 0 spiro atoms. The molecule has 106 valence electrons. The van der Waals surface area contributed by atoms with Crippen LogP contribution in [0, 0.1) is 5.92 Å². The van der Waals surface area contributed by atoms with E-state index in [1.807, 2.05) is 13.8 Å². The summed E-state index contributed by atoms with van der Waals surface area (Å²) in [6.45, 7) is 9.59. The third-order valence-electron chi connectivity index (χ3n) is 3.49. The van der Waals surface area contributed by atoms with Crippen LogP contribution in [0.25, 0.3) is 0 Å². The van der Waals surface area contributed by atoms with Crippen LogP contribution in [-0.2, 0) is 9.63 Å². The predicted molar refractivity (Wildman–Crippen MR) is 69.6 cm³/mol. The van der Waals surface area contributed by atoms with Crippen LogP contribution in [0.1, 0.15) is 40.5 Å². The maximum absolute atomic E-state index is 12.3. The highest BCUT2D eigenvalue weighted by Crippen LogP contribution is 2.22. The number of piperidine rings is 1. The molecular weight excluding hydrogens is 232 g/mol. The molecule has 1 amide bonds. The van der Waals surface area contributed by atoms with E-state index < -0.39 is 6.79 Å². The monoisotopic (exact) mass is 258 g/mol. The van der Waals surface area contributed by atoms with E-state index in [1.54, 1.807) is 0 Å². The van der Waals surface area contributed by atoms with Gasteiger partial charge in [-0.05, 0) is 53.6 Å². The second kappa shape index (κ2) is 7.07. The van der Waals surface area contributed by atoms with Crippen LogP contribution < -0.4 is 0 Å². The molecule has 0 atom stereocenters. The van der Waals surface area contributed by atoms with Crippen LogP contribution in [0.5, 0.6) is 0 Å². The van der Waals surface area contributed by atoms with E-state index in [0.29, 0.717) is 6.04 Å². The smallest absolute Gasteiger partial charge is 0.249 e. The van der Waals surface area contributed by atoms with Crippen LogP contribution >= 0.6 is 0 Å². The number of aliphatic hydroxyl groups excluding tert-OH is 1. The lowest BCUT2D eigenvalue weighted by Gasteiger charge is -2.36. The Morgan fingerprint density at radius 1 is 1.33 bits per heavy atom. The summed E-state index contributed by atoms with van der Waals surface area (Å²) >= 11 is 0. The zero-order valence-electron chi connectivity index (χ0n) is 11.9. The number of carbonyl (C=O) groups excluding carboxylic acids is 1. The van der Waals surface area contributed by atoms with Crippen molar-refractivity contribution in [3.63, 3.8) is 0 Å². The first-order valence-electron chi connectivity index (χ1n) is 6.78. The minimum atomic E-state index is -0.450. The van der Waals surface area contributed by atoms with E-state index in [0.717, 1.165) is 25.9 Å². The molecule has 1 fully saturated rings. The van der Waals surface area contributed by atoms with Crippen molar-refractivity contribution in [2.24, 2.45) is 5.92 Å². The summed E-state index contributed by atoms with van der Waals surface area (Å²) in [5, 5.41) is 10.1. The lowest BCUT2D eigenvalue weighted by molar-refractivity contribution is -0.229. The SMILES string of the molecule is CC(C)N1CCC(C(=O)N(OCO)C(C)C)CC1. The van der Waals surface area contributed by atoms with Crippen molar-refractivity contribution in [3.8, 4) is 0 Å². The number of carbonyl (C=O) groups is 1. The third-order valence-corrected chi connectivity index (χ3v) is 3.49. The summed E-state index contributed by atoms with van der Waals surface area (Å²) in [4.78, 5) is 19.7. The van der Waals surface area contributed by atoms with E-state index >= 15 is 0 Å². The molecule has 5 heteroatoms. The zero-order valence-corrected chi connectivity index (χ0v) is 11.9. The van der Waals surface area contributed by atoms with Gasteiger partial charge in [0.1, 0.15) is 0 Å². The van der Waals surface area contributed by atoms with Crippen molar-refractivity contribution >= 4 is 5.91 Å². The molecule has 0 aliphatic carbocycles. The quantitative estimate of drug-likeness (QED) is 0.595. The Hall–Kier alpha value is -0.650. The van der Waals surface area contributed by atoms with Gasteiger partial charge >= 0.3 is 0 Å². The maximum atomic E-state index is 12.3. The number of hydrogen-bond acceptors (Lipinski definition) is 4. The number of amides is 1. The summed E-state index contributed by atoms with van der Waals surface area (Å²) in [6, 6.07) is 0.490. The number of likely N-dealkylation sites (tertiary alicyclic amines) is 1. The number of rotatable bonds is 5. The van der Waals surface area contributed by atoms with Gasteiger partial charge in [-0.3, -0.25) is 4.79 Å². The van der Waals surface area contributed by atoms with Gasteiger partial charge in [-0.15, -0.1) is 0 Å². The molecule has 0 aromatic carbocycles. The number of nitrogens with zero attached hydrogens (tertiary/aromatic N) is 2. The Morgan fingerprint density at radius 3 is 2.28 bits per heavy atom. The fourth-order valence-electron chi connectivity index (χ4n) is 2.37. The minimum Gasteiger partial charge on any atom is -0.368 e. The Kier molecular flexibility index (Phi) is 6.05. The molecule has 1 rings (SSSR count). The van der Waals surface area contributed by atoms with Gasteiger partial charge in [0.2, 0.25) is 5.91 Å². The zero-order chi connectivity index (χ0) is 13.7. The van der Waals surface area contributed by atoms with Crippen molar-refractivity contribution in [1.82, 2.24) is 9.96 Å². The molecule has 0 radical (unpaired) electrons. The number of aliphatic hydroxyl groups is 1. The number of hydroxylamine groups is 2. The standard InChI is InChI=1S/C13H26N2O3/c1-10(2)14-7-5-12(6-8-14)13(17)15(11(3)4)18-9-16/h10-12,16H,5-9H2,1-4H3. The maximum Gasteiger partial charge on any atom is 0.249 e. The molecule has 0 aromatic heterocycles. The van der Waals surface area contributed by atoms with Crippen molar-refractivity contribution in [2.45, 2.75) is 52.6 Å². The van der Waals surface area contributed by atoms with Crippen LogP contribution in [0.4, 0.5) is 0 Å². The van der Waals surface area contributed by atoms with Crippen molar-refractivity contribution in [2.75, 3.05) is 19.9 Å². The van der Waals surface area contributed by atoms with Gasteiger partial charge in [-0.2, -0.15) is 0 Å². The van der Waals surface area contributed by atoms with Gasteiger partial charge in [-0.25, -0.2) is 9.90 Å². The van der Waals surface area contributed by atoms with E-state index in [4.69, 9.17) is 9.94 Å². The Labute approximate surface area is 110 Å². The van der Waals surface area contributed by atoms with Crippen molar-refractivity contribution in [1.29, 1.82) is 0 Å². The second-order valence-electron chi connectivity index (χ2n) is 5.42. The summed E-state index contributed by atoms with van der Waals surface area (Å²) in [5.74, 6) is 0.0245. The molecule has 1 N–H and O–H groups in total. The summed E-state index contributed by atoms with van der Waals surface area (Å²) in [7, 11) is 0. The molecule has 1 aliphatic heterocycles. The number of hydrogen-bond donors (Lipinski definition) is 1. The minimum absolute atomic E-state index is 0.00227. The lowest BCUT2D eigenvalue weighted by atomic mass is 9.94. The van der Waals surface area contributed by atoms with Gasteiger partial charge in [0, 0.05) is 12.0 Å². The van der Waals surface area contributed by atoms with Crippen LogP contribution in [0.3, 0.4) is 0 Å². The Balaban J connectivity index is 2.52. The summed E-state index contributed by atoms with van der Waals surface area (Å²) < 4.78 is 0. The van der Waals surface area contributed by atoms with Gasteiger partial charge in [0.15, 0.2) is 6.79 Å². The highest BCUT2D eigenvalue weighted by Gasteiger charge is 2.30. The highest BCUT2D eigenvalue weighted by atomic mass is 16.7. The van der Waals surface area contributed by atoms with Crippen LogP contribution in [0.15, 0.2) is 0 Å². The largest absolute Gasteiger partial charge is 0.368 e. The average molecular weight is 258 g/mol.